The van der Waals surface area contributed by atoms with Crippen LogP contribution in [0.25, 0.3) is 0 Å². The van der Waals surface area contributed by atoms with Gasteiger partial charge in [0, 0.05) is 25.5 Å². The van der Waals surface area contributed by atoms with E-state index in [2.05, 4.69) is 15.2 Å². The molecule has 6 heteroatoms. The highest BCUT2D eigenvalue weighted by atomic mass is 16.3. The zero-order valence-electron chi connectivity index (χ0n) is 12.6. The molecule has 0 spiro atoms. The van der Waals surface area contributed by atoms with E-state index in [0.29, 0.717) is 6.54 Å². The summed E-state index contributed by atoms with van der Waals surface area (Å²) >= 11 is 0. The number of aromatic amines is 1. The highest BCUT2D eigenvalue weighted by Crippen LogP contribution is 2.17. The summed E-state index contributed by atoms with van der Waals surface area (Å²) < 4.78 is 0. The summed E-state index contributed by atoms with van der Waals surface area (Å²) in [6.45, 7) is 4.59. The first-order chi connectivity index (χ1) is 10.0. The molecule has 2 aromatic heterocycles. The lowest BCUT2D eigenvalue weighted by molar-refractivity contribution is 0.0790. The monoisotopic (exact) mass is 288 g/mol. The Balaban J connectivity index is 1.92. The molecule has 0 aliphatic carbocycles. The maximum Gasteiger partial charge on any atom is 0.257 e. The minimum Gasteiger partial charge on any atom is -0.505 e. The first kappa shape index (κ1) is 15.0. The van der Waals surface area contributed by atoms with Gasteiger partial charge in [-0.15, -0.1) is 0 Å². The maximum atomic E-state index is 12.2. The van der Waals surface area contributed by atoms with Crippen molar-refractivity contribution in [1.82, 2.24) is 20.1 Å². The first-order valence-electron chi connectivity index (χ1n) is 6.89. The molecule has 2 aromatic rings. The molecule has 2 N–H and O–H groups in total. The van der Waals surface area contributed by atoms with E-state index in [1.54, 1.807) is 11.9 Å². The molecular weight excluding hydrogens is 268 g/mol. The molecule has 0 saturated heterocycles. The van der Waals surface area contributed by atoms with Gasteiger partial charge >= 0.3 is 0 Å². The van der Waals surface area contributed by atoms with Crippen molar-refractivity contribution in [2.75, 3.05) is 13.6 Å². The van der Waals surface area contributed by atoms with E-state index in [-0.39, 0.29) is 17.2 Å². The zero-order chi connectivity index (χ0) is 15.4. The smallest absolute Gasteiger partial charge is 0.257 e. The van der Waals surface area contributed by atoms with Crippen LogP contribution in [0.4, 0.5) is 0 Å². The van der Waals surface area contributed by atoms with E-state index in [1.807, 2.05) is 13.8 Å². The topological polar surface area (TPSA) is 82.1 Å². The Hall–Kier alpha value is -2.37. The number of aromatic hydroxyl groups is 1. The van der Waals surface area contributed by atoms with Crippen molar-refractivity contribution in [2.45, 2.75) is 26.7 Å². The van der Waals surface area contributed by atoms with Gasteiger partial charge in [-0.1, -0.05) is 0 Å². The average Bonchev–Trinajstić information content (AvgIpc) is 2.78. The van der Waals surface area contributed by atoms with Gasteiger partial charge in [-0.2, -0.15) is 5.10 Å². The number of carbonyl (C=O) groups excluding carboxylic acids is 1. The van der Waals surface area contributed by atoms with Crippen molar-refractivity contribution in [3.63, 3.8) is 0 Å². The molecule has 1 amide bonds. The fraction of sp³-hybridized carbons (Fsp3) is 0.400. The Labute approximate surface area is 123 Å². The van der Waals surface area contributed by atoms with Gasteiger partial charge in [0.15, 0.2) is 0 Å². The molecule has 0 unspecified atom stereocenters. The molecule has 0 radical (unpaired) electrons. The molecule has 0 bridgehead atoms. The number of nitrogens with one attached hydrogen (secondary N) is 1. The first-order valence-corrected chi connectivity index (χ1v) is 6.89. The van der Waals surface area contributed by atoms with Crippen LogP contribution in [0.3, 0.4) is 0 Å². The van der Waals surface area contributed by atoms with Crippen LogP contribution in [-0.2, 0) is 6.42 Å². The molecule has 2 rings (SSSR count). The third kappa shape index (κ3) is 3.39. The van der Waals surface area contributed by atoms with Crippen molar-refractivity contribution >= 4 is 5.91 Å². The van der Waals surface area contributed by atoms with Gasteiger partial charge in [0.25, 0.3) is 5.91 Å². The van der Waals surface area contributed by atoms with E-state index in [1.165, 1.54) is 24.0 Å². The van der Waals surface area contributed by atoms with Crippen molar-refractivity contribution in [3.05, 3.63) is 41.0 Å². The van der Waals surface area contributed by atoms with E-state index < -0.39 is 0 Å². The summed E-state index contributed by atoms with van der Waals surface area (Å²) in [6.07, 6.45) is 4.49. The van der Waals surface area contributed by atoms with Crippen molar-refractivity contribution < 1.29 is 9.90 Å². The number of H-pyrrole nitrogens is 1. The minimum absolute atomic E-state index is 0.0872. The predicted molar refractivity (Wildman–Crippen MR) is 79.2 cm³/mol. The zero-order valence-corrected chi connectivity index (χ0v) is 12.6. The number of amides is 1. The van der Waals surface area contributed by atoms with Gasteiger partial charge in [0.1, 0.15) is 5.75 Å². The van der Waals surface area contributed by atoms with Crippen molar-refractivity contribution in [3.8, 4) is 5.75 Å². The van der Waals surface area contributed by atoms with E-state index >= 15 is 0 Å². The number of carbonyl (C=O) groups is 1. The van der Waals surface area contributed by atoms with Crippen LogP contribution in [0.15, 0.2) is 18.5 Å². The second kappa shape index (κ2) is 6.39. The summed E-state index contributed by atoms with van der Waals surface area (Å²) in [6, 6.07) is 1.53. The fourth-order valence-electron chi connectivity index (χ4n) is 2.31. The molecule has 0 aliphatic heterocycles. The van der Waals surface area contributed by atoms with Gasteiger partial charge in [-0.25, -0.2) is 0 Å². The van der Waals surface area contributed by atoms with Gasteiger partial charge in [-0.3, -0.25) is 14.9 Å². The van der Waals surface area contributed by atoms with Crippen LogP contribution in [0.2, 0.25) is 0 Å². The number of hydrogen-bond donors (Lipinski definition) is 2. The van der Waals surface area contributed by atoms with Gasteiger partial charge in [0.2, 0.25) is 0 Å². The Bertz CT molecular complexity index is 617. The predicted octanol–water partition coefficient (Wildman–Crippen LogP) is 1.83. The SMILES string of the molecule is Cc1n[nH]c(C)c1CCCN(C)C(=O)c1ccncc1O. The molecule has 0 saturated carbocycles. The van der Waals surface area contributed by atoms with Crippen LogP contribution in [0, 0.1) is 13.8 Å². The highest BCUT2D eigenvalue weighted by Gasteiger charge is 2.15. The summed E-state index contributed by atoms with van der Waals surface area (Å²) in [4.78, 5) is 17.6. The Morgan fingerprint density at radius 1 is 1.43 bits per heavy atom. The van der Waals surface area contributed by atoms with E-state index in [4.69, 9.17) is 0 Å². The Kier molecular flexibility index (Phi) is 4.57. The number of aromatic nitrogens is 3. The third-order valence-corrected chi connectivity index (χ3v) is 3.58. The lowest BCUT2D eigenvalue weighted by Crippen LogP contribution is -2.28. The maximum absolute atomic E-state index is 12.2. The highest BCUT2D eigenvalue weighted by molar-refractivity contribution is 5.96. The molecule has 0 aromatic carbocycles. The number of pyridine rings is 1. The van der Waals surface area contributed by atoms with Gasteiger partial charge in [-0.05, 0) is 38.3 Å². The molecule has 21 heavy (non-hydrogen) atoms. The van der Waals surface area contributed by atoms with Gasteiger partial charge < -0.3 is 10.0 Å². The van der Waals surface area contributed by atoms with E-state index in [0.717, 1.165) is 24.2 Å². The largest absolute Gasteiger partial charge is 0.505 e. The average molecular weight is 288 g/mol. The molecule has 2 heterocycles. The number of rotatable bonds is 5. The van der Waals surface area contributed by atoms with E-state index in [9.17, 15) is 9.90 Å². The summed E-state index contributed by atoms with van der Waals surface area (Å²) in [7, 11) is 1.73. The van der Waals surface area contributed by atoms with Gasteiger partial charge in [0.05, 0.1) is 17.5 Å². The Morgan fingerprint density at radius 2 is 2.19 bits per heavy atom. The lowest BCUT2D eigenvalue weighted by atomic mass is 10.1. The summed E-state index contributed by atoms with van der Waals surface area (Å²) in [5, 5.41) is 16.8. The molecule has 112 valence electrons. The molecule has 6 nitrogen and oxygen atoms in total. The minimum atomic E-state index is -0.199. The van der Waals surface area contributed by atoms with Crippen LogP contribution in [0.1, 0.15) is 33.7 Å². The second-order valence-corrected chi connectivity index (χ2v) is 5.14. The third-order valence-electron chi connectivity index (χ3n) is 3.58. The lowest BCUT2D eigenvalue weighted by Gasteiger charge is -2.17. The fourth-order valence-corrected chi connectivity index (χ4v) is 2.31. The van der Waals surface area contributed by atoms with Crippen LogP contribution in [-0.4, -0.2) is 44.7 Å². The van der Waals surface area contributed by atoms with Crippen LogP contribution in [0.5, 0.6) is 5.75 Å². The number of aryl methyl sites for hydroxylation is 2. The molecule has 0 fully saturated rings. The van der Waals surface area contributed by atoms with Crippen LogP contribution >= 0.6 is 0 Å². The standard InChI is InChI=1S/C15H20N4O2/c1-10-12(11(2)18-17-10)5-4-8-19(3)15(21)13-6-7-16-9-14(13)20/h6-7,9,20H,4-5,8H2,1-3H3,(H,17,18). The normalized spacial score (nSPS) is 10.6. The summed E-state index contributed by atoms with van der Waals surface area (Å²) in [5.41, 5.74) is 3.58. The second-order valence-electron chi connectivity index (χ2n) is 5.14. The molecular formula is C15H20N4O2. The molecule has 0 aliphatic rings. The number of nitrogens with zero attached hydrogens (tertiary/aromatic N) is 3. The van der Waals surface area contributed by atoms with Crippen LogP contribution < -0.4 is 0 Å². The summed E-state index contributed by atoms with van der Waals surface area (Å²) in [5.74, 6) is -0.286. The van der Waals surface area contributed by atoms with Crippen molar-refractivity contribution in [2.24, 2.45) is 0 Å². The van der Waals surface area contributed by atoms with Crippen molar-refractivity contribution in [1.29, 1.82) is 0 Å². The molecule has 0 atom stereocenters. The quantitative estimate of drug-likeness (QED) is 0.879. The Morgan fingerprint density at radius 3 is 2.81 bits per heavy atom. The number of hydrogen-bond acceptors (Lipinski definition) is 4.